The molecule has 1 aromatic carbocycles. The molecule has 0 radical (unpaired) electrons. The maximum absolute atomic E-state index is 14.5. The first-order chi connectivity index (χ1) is 13.5. The molecule has 2 fully saturated rings. The molecule has 0 spiro atoms. The van der Waals surface area contributed by atoms with Crippen LogP contribution in [0.25, 0.3) is 0 Å². The summed E-state index contributed by atoms with van der Waals surface area (Å²) in [4.78, 5) is 28.9. The first-order valence-corrected chi connectivity index (χ1v) is 10.4. The van der Waals surface area contributed by atoms with Crippen LogP contribution in [0.1, 0.15) is 18.9 Å². The van der Waals surface area contributed by atoms with E-state index in [4.69, 9.17) is 4.74 Å². The molecule has 3 aliphatic heterocycles. The molecular weight excluding hydrogens is 431 g/mol. The number of rotatable bonds is 3. The van der Waals surface area contributed by atoms with Gasteiger partial charge in [-0.1, -0.05) is 22.0 Å². The maximum atomic E-state index is 14.5. The van der Waals surface area contributed by atoms with Gasteiger partial charge in [-0.25, -0.2) is 4.39 Å². The lowest BCUT2D eigenvalue weighted by atomic mass is 10.1. The maximum Gasteiger partial charge on any atom is 0.258 e. The number of halogens is 2. The van der Waals surface area contributed by atoms with Crippen molar-refractivity contribution in [1.29, 1.82) is 0 Å². The fourth-order valence-corrected chi connectivity index (χ4v) is 4.75. The summed E-state index contributed by atoms with van der Waals surface area (Å²) in [5.41, 5.74) is 2.00. The second kappa shape index (κ2) is 8.06. The van der Waals surface area contributed by atoms with Crippen LogP contribution in [0, 0.1) is 0 Å². The van der Waals surface area contributed by atoms with Gasteiger partial charge in [-0.3, -0.25) is 19.8 Å². The molecule has 1 aromatic rings. The van der Waals surface area contributed by atoms with Gasteiger partial charge in [0.05, 0.1) is 25.8 Å². The van der Waals surface area contributed by atoms with Crippen molar-refractivity contribution in [2.45, 2.75) is 44.3 Å². The van der Waals surface area contributed by atoms with Crippen LogP contribution in [0.15, 0.2) is 22.7 Å². The number of carbonyl (C=O) groups excluding carboxylic acids is 2. The van der Waals surface area contributed by atoms with Gasteiger partial charge >= 0.3 is 0 Å². The van der Waals surface area contributed by atoms with Crippen molar-refractivity contribution in [2.75, 3.05) is 31.2 Å². The van der Waals surface area contributed by atoms with Gasteiger partial charge in [0.1, 0.15) is 6.17 Å². The van der Waals surface area contributed by atoms with Crippen molar-refractivity contribution in [1.82, 2.24) is 15.5 Å². The van der Waals surface area contributed by atoms with E-state index in [1.165, 1.54) is 0 Å². The molecule has 0 saturated carbocycles. The Hall–Kier alpha value is -1.55. The van der Waals surface area contributed by atoms with Crippen LogP contribution >= 0.6 is 15.9 Å². The fourth-order valence-electron chi connectivity index (χ4n) is 4.24. The lowest BCUT2D eigenvalue weighted by molar-refractivity contribution is -0.137. The van der Waals surface area contributed by atoms with E-state index in [9.17, 15) is 14.0 Å². The smallest absolute Gasteiger partial charge is 0.258 e. The second-order valence-corrected chi connectivity index (χ2v) is 8.34. The van der Waals surface area contributed by atoms with Gasteiger partial charge < -0.3 is 15.0 Å². The van der Waals surface area contributed by atoms with Crippen LogP contribution < -0.4 is 15.5 Å². The first kappa shape index (κ1) is 19.8. The predicted molar refractivity (Wildman–Crippen MR) is 106 cm³/mol. The number of alkyl halides is 1. The minimum absolute atomic E-state index is 0.0319. The summed E-state index contributed by atoms with van der Waals surface area (Å²) in [6, 6.07) is 5.84. The summed E-state index contributed by atoms with van der Waals surface area (Å²) in [5.74, 6) is -0.772. The Balaban J connectivity index is 1.47. The zero-order chi connectivity index (χ0) is 19.8. The minimum atomic E-state index is -1.67. The molecule has 28 heavy (non-hydrogen) atoms. The summed E-state index contributed by atoms with van der Waals surface area (Å²) in [6.45, 7) is 4.12. The van der Waals surface area contributed by atoms with E-state index in [0.29, 0.717) is 26.3 Å². The third-order valence-electron chi connectivity index (χ3n) is 5.60. The topological polar surface area (TPSA) is 73.9 Å². The molecule has 4 rings (SSSR count). The van der Waals surface area contributed by atoms with Crippen molar-refractivity contribution in [3.8, 4) is 0 Å². The van der Waals surface area contributed by atoms with Gasteiger partial charge in [-0.05, 0) is 31.0 Å². The molecule has 2 saturated heterocycles. The number of benzene rings is 1. The Labute approximate surface area is 171 Å². The highest BCUT2D eigenvalue weighted by molar-refractivity contribution is 9.10. The molecule has 7 nitrogen and oxygen atoms in total. The number of fused-ring (bicyclic) bond motifs is 1. The summed E-state index contributed by atoms with van der Waals surface area (Å²) in [7, 11) is 0. The number of hydrogen-bond acceptors (Lipinski definition) is 5. The van der Waals surface area contributed by atoms with Crippen molar-refractivity contribution in [3.63, 3.8) is 0 Å². The van der Waals surface area contributed by atoms with Gasteiger partial charge in [-0.15, -0.1) is 0 Å². The monoisotopic (exact) mass is 454 g/mol. The highest BCUT2D eigenvalue weighted by Gasteiger charge is 2.42. The number of amides is 2. The van der Waals surface area contributed by atoms with Crippen LogP contribution in [0.3, 0.4) is 0 Å². The number of hydrogen-bond donors (Lipinski definition) is 2. The van der Waals surface area contributed by atoms with E-state index in [1.807, 2.05) is 30.0 Å². The standard InChI is InChI=1S/C19H24BrFN4O3/c1-11-9-12-13(20)3-2-4-14(12)25(11)16(26)10-15-22-18(17(21)19(27)23-15)24-5-7-28-8-6-24/h2-4,11,15,17-18,22H,5-10H2,1H3,(H,23,27). The third-order valence-corrected chi connectivity index (χ3v) is 6.34. The second-order valence-electron chi connectivity index (χ2n) is 7.48. The Morgan fingerprint density at radius 3 is 2.86 bits per heavy atom. The molecule has 2 amide bonds. The Morgan fingerprint density at radius 2 is 2.11 bits per heavy atom. The molecule has 3 aliphatic rings. The molecule has 0 bridgehead atoms. The number of ether oxygens (including phenoxy) is 1. The predicted octanol–water partition coefficient (Wildman–Crippen LogP) is 1.16. The zero-order valence-electron chi connectivity index (χ0n) is 15.7. The van der Waals surface area contributed by atoms with Gasteiger partial charge in [0.15, 0.2) is 0 Å². The van der Waals surface area contributed by atoms with E-state index in [1.54, 1.807) is 4.90 Å². The van der Waals surface area contributed by atoms with Crippen molar-refractivity contribution in [3.05, 3.63) is 28.2 Å². The van der Waals surface area contributed by atoms with Crippen molar-refractivity contribution in [2.24, 2.45) is 0 Å². The number of anilines is 1. The number of nitrogens with zero attached hydrogens (tertiary/aromatic N) is 2. The van der Waals surface area contributed by atoms with E-state index < -0.39 is 24.4 Å². The molecule has 152 valence electrons. The molecule has 2 N–H and O–H groups in total. The average Bonchev–Trinajstić information content (AvgIpc) is 3.02. The van der Waals surface area contributed by atoms with Crippen molar-refractivity contribution >= 4 is 33.4 Å². The molecular formula is C19H24BrFN4O3. The quantitative estimate of drug-likeness (QED) is 0.716. The summed E-state index contributed by atoms with van der Waals surface area (Å²) < 4.78 is 20.8. The van der Waals surface area contributed by atoms with E-state index in [0.717, 1.165) is 22.1 Å². The van der Waals surface area contributed by atoms with Crippen LogP contribution in [0.2, 0.25) is 0 Å². The minimum Gasteiger partial charge on any atom is -0.379 e. The third kappa shape index (κ3) is 3.68. The van der Waals surface area contributed by atoms with Gasteiger partial charge in [0.2, 0.25) is 12.1 Å². The lowest BCUT2D eigenvalue weighted by Gasteiger charge is -2.41. The van der Waals surface area contributed by atoms with Gasteiger partial charge in [0, 0.05) is 29.3 Å². The highest BCUT2D eigenvalue weighted by atomic mass is 79.9. The van der Waals surface area contributed by atoms with Gasteiger partial charge in [-0.2, -0.15) is 0 Å². The molecule has 0 aliphatic carbocycles. The molecule has 3 heterocycles. The van der Waals surface area contributed by atoms with Crippen molar-refractivity contribution < 1.29 is 18.7 Å². The Morgan fingerprint density at radius 1 is 1.36 bits per heavy atom. The SMILES string of the molecule is CC1Cc2c(Br)cccc2N1C(=O)CC1NC(=O)C(F)C(N2CCOCC2)N1. The largest absolute Gasteiger partial charge is 0.379 e. The molecule has 0 aromatic heterocycles. The number of nitrogens with one attached hydrogen (secondary N) is 2. The number of morpholine rings is 1. The summed E-state index contributed by atoms with van der Waals surface area (Å²) in [6.07, 6.45) is -2.19. The van der Waals surface area contributed by atoms with Gasteiger partial charge in [0.25, 0.3) is 5.91 Å². The van der Waals surface area contributed by atoms with E-state index in [-0.39, 0.29) is 18.4 Å². The normalized spacial score (nSPS) is 30.8. The fraction of sp³-hybridized carbons (Fsp3) is 0.579. The molecule has 9 heteroatoms. The Kier molecular flexibility index (Phi) is 5.69. The van der Waals surface area contributed by atoms with E-state index >= 15 is 0 Å². The first-order valence-electron chi connectivity index (χ1n) is 9.57. The molecule has 4 unspecified atom stereocenters. The van der Waals surface area contributed by atoms with Crippen LogP contribution in [0.5, 0.6) is 0 Å². The highest BCUT2D eigenvalue weighted by Crippen LogP contribution is 2.37. The van der Waals surface area contributed by atoms with E-state index in [2.05, 4.69) is 26.6 Å². The molecule has 4 atom stereocenters. The van der Waals surface area contributed by atoms with Crippen LogP contribution in [-0.2, 0) is 20.7 Å². The Bertz CT molecular complexity index is 774. The van der Waals surface area contributed by atoms with Crippen LogP contribution in [0.4, 0.5) is 10.1 Å². The zero-order valence-corrected chi connectivity index (χ0v) is 17.2. The lowest BCUT2D eigenvalue weighted by Crippen LogP contribution is -2.69. The number of carbonyl (C=O) groups is 2. The summed E-state index contributed by atoms with van der Waals surface area (Å²) >= 11 is 3.55. The van der Waals surface area contributed by atoms with Crippen LogP contribution in [-0.4, -0.2) is 67.6 Å². The average molecular weight is 455 g/mol. The summed E-state index contributed by atoms with van der Waals surface area (Å²) in [5, 5.41) is 5.71.